The van der Waals surface area contributed by atoms with Crippen molar-refractivity contribution in [3.05, 3.63) is 71.3 Å². The van der Waals surface area contributed by atoms with Crippen LogP contribution >= 0.6 is 0 Å². The number of aromatic carboxylic acids is 1. The molecule has 4 heteroatoms. The molecule has 0 fully saturated rings. The van der Waals surface area contributed by atoms with Gasteiger partial charge in [-0.1, -0.05) is 42.5 Å². The predicted molar refractivity (Wildman–Crippen MR) is 85.9 cm³/mol. The van der Waals surface area contributed by atoms with Gasteiger partial charge in [0.15, 0.2) is 0 Å². The molecule has 0 aliphatic carbocycles. The van der Waals surface area contributed by atoms with Crippen molar-refractivity contribution in [1.82, 2.24) is 5.32 Å². The average molecular weight is 299 g/mol. The number of rotatable bonds is 8. The van der Waals surface area contributed by atoms with Crippen molar-refractivity contribution < 1.29 is 15.0 Å². The van der Waals surface area contributed by atoms with Crippen LogP contribution in [0.3, 0.4) is 0 Å². The lowest BCUT2D eigenvalue weighted by Crippen LogP contribution is -2.26. The first-order chi connectivity index (χ1) is 10.6. The number of hydrogen-bond donors (Lipinski definition) is 3. The highest BCUT2D eigenvalue weighted by Crippen LogP contribution is 2.06. The normalized spacial score (nSPS) is 12.0. The summed E-state index contributed by atoms with van der Waals surface area (Å²) in [7, 11) is 0. The topological polar surface area (TPSA) is 69.6 Å². The van der Waals surface area contributed by atoms with Gasteiger partial charge in [-0.25, -0.2) is 4.79 Å². The summed E-state index contributed by atoms with van der Waals surface area (Å²) in [6.45, 7) is 1.04. The van der Waals surface area contributed by atoms with E-state index in [1.807, 2.05) is 24.3 Å². The van der Waals surface area contributed by atoms with E-state index in [0.717, 1.165) is 12.0 Å². The van der Waals surface area contributed by atoms with Crippen LogP contribution in [0.4, 0.5) is 0 Å². The van der Waals surface area contributed by atoms with Gasteiger partial charge in [0.1, 0.15) is 0 Å². The molecule has 0 amide bonds. The average Bonchev–Trinajstić information content (AvgIpc) is 2.54. The van der Waals surface area contributed by atoms with E-state index in [2.05, 4.69) is 17.4 Å². The molecule has 0 radical (unpaired) electrons. The van der Waals surface area contributed by atoms with Crippen LogP contribution in [0.15, 0.2) is 54.6 Å². The molecule has 1 unspecified atom stereocenters. The first-order valence-corrected chi connectivity index (χ1v) is 7.40. The van der Waals surface area contributed by atoms with E-state index in [1.165, 1.54) is 5.56 Å². The second-order valence-corrected chi connectivity index (χ2v) is 5.31. The van der Waals surface area contributed by atoms with Gasteiger partial charge in [-0.3, -0.25) is 0 Å². The molecule has 4 nitrogen and oxygen atoms in total. The summed E-state index contributed by atoms with van der Waals surface area (Å²) in [5.74, 6) is -0.926. The molecule has 0 heterocycles. The molecule has 0 bridgehead atoms. The van der Waals surface area contributed by atoms with Crippen LogP contribution in [-0.4, -0.2) is 28.8 Å². The molecule has 0 aromatic heterocycles. The van der Waals surface area contributed by atoms with E-state index >= 15 is 0 Å². The number of benzene rings is 2. The summed E-state index contributed by atoms with van der Waals surface area (Å²) in [5, 5.41) is 22.1. The third kappa shape index (κ3) is 5.31. The first kappa shape index (κ1) is 16.2. The highest BCUT2D eigenvalue weighted by atomic mass is 16.4. The van der Waals surface area contributed by atoms with Crippen LogP contribution in [0.5, 0.6) is 0 Å². The van der Waals surface area contributed by atoms with Crippen LogP contribution in [0.25, 0.3) is 0 Å². The van der Waals surface area contributed by atoms with Gasteiger partial charge in [-0.05, 0) is 36.1 Å². The van der Waals surface area contributed by atoms with Gasteiger partial charge in [-0.15, -0.1) is 0 Å². The molecule has 116 valence electrons. The van der Waals surface area contributed by atoms with Crippen molar-refractivity contribution in [3.8, 4) is 0 Å². The standard InChI is InChI=1S/C18H21NO3/c20-17(10-9-14-5-2-1-3-6-14)13-19-12-15-7-4-8-16(11-15)18(21)22/h1-8,11,17,19-20H,9-10,12-13H2,(H,21,22). The maximum Gasteiger partial charge on any atom is 0.335 e. The van der Waals surface area contributed by atoms with Gasteiger partial charge >= 0.3 is 5.97 Å². The monoisotopic (exact) mass is 299 g/mol. The molecule has 3 N–H and O–H groups in total. The Kier molecular flexibility index (Phi) is 6.13. The van der Waals surface area contributed by atoms with Crippen molar-refractivity contribution in [2.24, 2.45) is 0 Å². The van der Waals surface area contributed by atoms with Crippen molar-refractivity contribution in [3.63, 3.8) is 0 Å². The van der Waals surface area contributed by atoms with Gasteiger partial charge in [0.2, 0.25) is 0 Å². The zero-order valence-corrected chi connectivity index (χ0v) is 12.4. The Balaban J connectivity index is 1.71. The fraction of sp³-hybridized carbons (Fsp3) is 0.278. The third-order valence-electron chi connectivity index (χ3n) is 3.49. The smallest absolute Gasteiger partial charge is 0.335 e. The molecular weight excluding hydrogens is 278 g/mol. The minimum atomic E-state index is -0.926. The van der Waals surface area contributed by atoms with E-state index in [0.29, 0.717) is 19.5 Å². The van der Waals surface area contributed by atoms with Crippen molar-refractivity contribution >= 4 is 5.97 Å². The molecule has 2 aromatic carbocycles. The lowest BCUT2D eigenvalue weighted by atomic mass is 10.1. The Bertz CT molecular complexity index is 598. The summed E-state index contributed by atoms with van der Waals surface area (Å²) in [4.78, 5) is 10.9. The molecule has 2 aromatic rings. The molecule has 1 atom stereocenters. The van der Waals surface area contributed by atoms with E-state index < -0.39 is 12.1 Å². The summed E-state index contributed by atoms with van der Waals surface area (Å²) < 4.78 is 0. The number of carboxylic acids is 1. The Morgan fingerprint density at radius 3 is 2.50 bits per heavy atom. The summed E-state index contributed by atoms with van der Waals surface area (Å²) in [5.41, 5.74) is 2.40. The lowest BCUT2D eigenvalue weighted by molar-refractivity contribution is 0.0696. The van der Waals surface area contributed by atoms with Gasteiger partial charge < -0.3 is 15.5 Å². The van der Waals surface area contributed by atoms with E-state index in [-0.39, 0.29) is 5.56 Å². The molecular formula is C18H21NO3. The van der Waals surface area contributed by atoms with Gasteiger partial charge in [0, 0.05) is 13.1 Å². The predicted octanol–water partition coefficient (Wildman–Crippen LogP) is 2.47. The van der Waals surface area contributed by atoms with Crippen LogP contribution in [0, 0.1) is 0 Å². The largest absolute Gasteiger partial charge is 0.478 e. The highest BCUT2D eigenvalue weighted by Gasteiger charge is 2.06. The molecule has 0 saturated carbocycles. The van der Waals surface area contributed by atoms with Crippen LogP contribution < -0.4 is 5.32 Å². The van der Waals surface area contributed by atoms with E-state index in [4.69, 9.17) is 5.11 Å². The molecule has 0 aliphatic rings. The van der Waals surface area contributed by atoms with Crippen LogP contribution in [0.2, 0.25) is 0 Å². The lowest BCUT2D eigenvalue weighted by Gasteiger charge is -2.12. The summed E-state index contributed by atoms with van der Waals surface area (Å²) in [6, 6.07) is 16.9. The quantitative estimate of drug-likeness (QED) is 0.700. The second kappa shape index (κ2) is 8.32. The first-order valence-electron chi connectivity index (χ1n) is 7.40. The van der Waals surface area contributed by atoms with Crippen molar-refractivity contribution in [1.29, 1.82) is 0 Å². The minimum absolute atomic E-state index is 0.281. The number of aliphatic hydroxyl groups excluding tert-OH is 1. The zero-order chi connectivity index (χ0) is 15.8. The fourth-order valence-electron chi connectivity index (χ4n) is 2.28. The number of carbonyl (C=O) groups is 1. The van der Waals surface area contributed by atoms with Gasteiger partial charge in [0.25, 0.3) is 0 Å². The minimum Gasteiger partial charge on any atom is -0.478 e. The van der Waals surface area contributed by atoms with Crippen LogP contribution in [-0.2, 0) is 13.0 Å². The van der Waals surface area contributed by atoms with Gasteiger partial charge in [-0.2, -0.15) is 0 Å². The maximum absolute atomic E-state index is 10.9. The molecule has 2 rings (SSSR count). The number of hydrogen-bond acceptors (Lipinski definition) is 3. The Hall–Kier alpha value is -2.17. The second-order valence-electron chi connectivity index (χ2n) is 5.31. The number of nitrogens with one attached hydrogen (secondary N) is 1. The summed E-state index contributed by atoms with van der Waals surface area (Å²) >= 11 is 0. The molecule has 0 spiro atoms. The molecule has 0 aliphatic heterocycles. The molecule has 0 saturated heterocycles. The Morgan fingerprint density at radius 1 is 1.05 bits per heavy atom. The third-order valence-corrected chi connectivity index (χ3v) is 3.49. The SMILES string of the molecule is O=C(O)c1cccc(CNCC(O)CCc2ccccc2)c1. The number of carboxylic acid groups (broad SMARTS) is 1. The fourth-order valence-corrected chi connectivity index (χ4v) is 2.28. The van der Waals surface area contributed by atoms with E-state index in [9.17, 15) is 9.90 Å². The zero-order valence-electron chi connectivity index (χ0n) is 12.4. The van der Waals surface area contributed by atoms with Crippen molar-refractivity contribution in [2.75, 3.05) is 6.54 Å². The Morgan fingerprint density at radius 2 is 1.77 bits per heavy atom. The highest BCUT2D eigenvalue weighted by molar-refractivity contribution is 5.87. The number of aliphatic hydroxyl groups is 1. The number of aryl methyl sites for hydroxylation is 1. The maximum atomic E-state index is 10.9. The van der Waals surface area contributed by atoms with E-state index in [1.54, 1.807) is 18.2 Å². The Labute approximate surface area is 130 Å². The van der Waals surface area contributed by atoms with Crippen molar-refractivity contribution in [2.45, 2.75) is 25.5 Å². The summed E-state index contributed by atoms with van der Waals surface area (Å²) in [6.07, 6.45) is 1.13. The van der Waals surface area contributed by atoms with Crippen LogP contribution in [0.1, 0.15) is 27.9 Å². The molecule has 22 heavy (non-hydrogen) atoms. The van der Waals surface area contributed by atoms with Gasteiger partial charge in [0.05, 0.1) is 11.7 Å².